The molecule has 0 radical (unpaired) electrons. The molecule has 0 spiro atoms. The largest absolute Gasteiger partial charge is 0.455 e. The summed E-state index contributed by atoms with van der Waals surface area (Å²) in [5, 5.41) is 12.4. The number of aliphatic hydroxyl groups excluding tert-OH is 1. The lowest BCUT2D eigenvalue weighted by Gasteiger charge is -2.25. The lowest BCUT2D eigenvalue weighted by Crippen LogP contribution is -2.39. The minimum Gasteiger partial charge on any atom is -0.455 e. The molecule has 0 aliphatic carbocycles. The molecule has 3 aromatic rings. The summed E-state index contributed by atoms with van der Waals surface area (Å²) in [5.41, 5.74) is 2.41. The number of aliphatic hydroxyl groups is 1. The normalized spacial score (nSPS) is 12.8. The Labute approximate surface area is 259 Å². The van der Waals surface area contributed by atoms with Gasteiger partial charge in [0, 0.05) is 19.5 Å². The monoisotopic (exact) mass is 600 g/mol. The lowest BCUT2D eigenvalue weighted by atomic mass is 9.96. The van der Waals surface area contributed by atoms with Crippen LogP contribution in [0.15, 0.2) is 110 Å². The highest BCUT2D eigenvalue weighted by atomic mass is 19.1. The number of carbonyl (C=O) groups is 3. The Morgan fingerprint density at radius 2 is 1.48 bits per heavy atom. The quantitative estimate of drug-likeness (QED) is 0.147. The predicted molar refractivity (Wildman–Crippen MR) is 169 cm³/mol. The topological polar surface area (TPSA) is 95.9 Å². The van der Waals surface area contributed by atoms with Crippen molar-refractivity contribution in [1.82, 2.24) is 10.2 Å². The molecule has 3 aromatic carbocycles. The highest BCUT2D eigenvalue weighted by molar-refractivity contribution is 5.86. The third kappa shape index (κ3) is 10.9. The van der Waals surface area contributed by atoms with E-state index in [1.54, 1.807) is 24.3 Å². The van der Waals surface area contributed by atoms with Gasteiger partial charge in [-0.15, -0.1) is 13.2 Å². The number of halogens is 1. The first-order chi connectivity index (χ1) is 21.3. The Kier molecular flexibility index (Phi) is 14.0. The Hall–Kier alpha value is -4.56. The zero-order chi connectivity index (χ0) is 31.7. The fourth-order valence-electron chi connectivity index (χ4n) is 4.88. The van der Waals surface area contributed by atoms with Crippen LogP contribution < -0.4 is 5.32 Å². The van der Waals surface area contributed by atoms with Crippen LogP contribution in [0.5, 0.6) is 0 Å². The average Bonchev–Trinajstić information content (AvgIpc) is 3.04. The second kappa shape index (κ2) is 18.2. The highest BCUT2D eigenvalue weighted by Crippen LogP contribution is 2.23. The summed E-state index contributed by atoms with van der Waals surface area (Å²) in [5.74, 6) is -2.69. The number of carbonyl (C=O) groups excluding carboxylic acids is 3. The van der Waals surface area contributed by atoms with E-state index in [4.69, 9.17) is 4.74 Å². The summed E-state index contributed by atoms with van der Waals surface area (Å²) in [6.45, 7) is 7.78. The van der Waals surface area contributed by atoms with Crippen molar-refractivity contribution in [2.75, 3.05) is 19.7 Å². The van der Waals surface area contributed by atoms with E-state index in [-0.39, 0.29) is 50.2 Å². The Bertz CT molecular complexity index is 1350. The van der Waals surface area contributed by atoms with Gasteiger partial charge < -0.3 is 20.1 Å². The molecule has 232 valence electrons. The number of esters is 1. The first-order valence-corrected chi connectivity index (χ1v) is 14.8. The summed E-state index contributed by atoms with van der Waals surface area (Å²) in [6.07, 6.45) is 3.36. The molecule has 0 unspecified atom stereocenters. The van der Waals surface area contributed by atoms with Crippen LogP contribution in [0.3, 0.4) is 0 Å². The number of nitrogens with one attached hydrogen (secondary N) is 1. The van der Waals surface area contributed by atoms with Crippen molar-refractivity contribution in [3.05, 3.63) is 133 Å². The summed E-state index contributed by atoms with van der Waals surface area (Å²) >= 11 is 0. The number of benzene rings is 3. The Balaban J connectivity index is 1.70. The molecule has 7 nitrogen and oxygen atoms in total. The van der Waals surface area contributed by atoms with Gasteiger partial charge in [-0.1, -0.05) is 84.9 Å². The van der Waals surface area contributed by atoms with Crippen molar-refractivity contribution in [2.24, 2.45) is 11.8 Å². The molecule has 0 heterocycles. The van der Waals surface area contributed by atoms with Crippen LogP contribution in [-0.2, 0) is 32.1 Å². The van der Waals surface area contributed by atoms with Gasteiger partial charge in [0.1, 0.15) is 11.9 Å². The molecule has 0 aromatic heterocycles. The molecule has 0 aliphatic rings. The molecule has 2 N–H and O–H groups in total. The number of amides is 2. The molecular weight excluding hydrogens is 559 g/mol. The van der Waals surface area contributed by atoms with E-state index in [1.807, 2.05) is 60.7 Å². The van der Waals surface area contributed by atoms with E-state index in [1.165, 1.54) is 17.0 Å². The van der Waals surface area contributed by atoms with Crippen LogP contribution in [0.4, 0.5) is 4.39 Å². The van der Waals surface area contributed by atoms with Crippen molar-refractivity contribution < 1.29 is 28.6 Å². The van der Waals surface area contributed by atoms with Gasteiger partial charge in [0.15, 0.2) is 0 Å². The number of hydrogen-bond acceptors (Lipinski definition) is 5. The summed E-state index contributed by atoms with van der Waals surface area (Å²) in [4.78, 5) is 41.5. The molecule has 44 heavy (non-hydrogen) atoms. The third-order valence-electron chi connectivity index (χ3n) is 7.25. The van der Waals surface area contributed by atoms with Gasteiger partial charge in [-0.25, -0.2) is 4.39 Å². The zero-order valence-electron chi connectivity index (χ0n) is 24.9. The molecule has 0 bridgehead atoms. The first-order valence-electron chi connectivity index (χ1n) is 14.8. The zero-order valence-corrected chi connectivity index (χ0v) is 24.9. The van der Waals surface area contributed by atoms with E-state index in [2.05, 4.69) is 18.5 Å². The minimum absolute atomic E-state index is 0.00184. The third-order valence-corrected chi connectivity index (χ3v) is 7.25. The number of hydrogen-bond donors (Lipinski definition) is 2. The summed E-state index contributed by atoms with van der Waals surface area (Å²) in [7, 11) is 0. The van der Waals surface area contributed by atoms with E-state index < -0.39 is 23.9 Å². The minimum atomic E-state index is -0.780. The van der Waals surface area contributed by atoms with Gasteiger partial charge in [0.05, 0.1) is 25.0 Å². The lowest BCUT2D eigenvalue weighted by molar-refractivity contribution is -0.154. The summed E-state index contributed by atoms with van der Waals surface area (Å²) < 4.78 is 19.4. The number of ether oxygens (including phenoxy) is 1. The second-order valence-electron chi connectivity index (χ2n) is 10.6. The molecule has 0 fully saturated rings. The second-order valence-corrected chi connectivity index (χ2v) is 10.6. The van der Waals surface area contributed by atoms with Gasteiger partial charge in [0.2, 0.25) is 11.8 Å². The van der Waals surface area contributed by atoms with Crippen molar-refractivity contribution in [3.63, 3.8) is 0 Å². The molecule has 0 saturated heterocycles. The maximum Gasteiger partial charge on any atom is 0.310 e. The van der Waals surface area contributed by atoms with Gasteiger partial charge in [0.25, 0.3) is 0 Å². The van der Waals surface area contributed by atoms with Crippen LogP contribution in [0, 0.1) is 17.7 Å². The van der Waals surface area contributed by atoms with Crippen LogP contribution in [0.25, 0.3) is 0 Å². The van der Waals surface area contributed by atoms with E-state index >= 15 is 0 Å². The maximum absolute atomic E-state index is 13.4. The van der Waals surface area contributed by atoms with E-state index in [0.29, 0.717) is 24.9 Å². The van der Waals surface area contributed by atoms with Gasteiger partial charge in [-0.2, -0.15) is 0 Å². The Morgan fingerprint density at radius 1 is 0.864 bits per heavy atom. The van der Waals surface area contributed by atoms with Gasteiger partial charge in [-0.05, 0) is 48.1 Å². The predicted octanol–water partition coefficient (Wildman–Crippen LogP) is 5.56. The molecule has 3 atom stereocenters. The van der Waals surface area contributed by atoms with Crippen molar-refractivity contribution in [3.8, 4) is 0 Å². The molecule has 8 heteroatoms. The van der Waals surface area contributed by atoms with Crippen LogP contribution in [-0.4, -0.2) is 47.5 Å². The Morgan fingerprint density at radius 3 is 2.09 bits per heavy atom. The standard InChI is InChI=1S/C36H41FN2O5/c1-3-11-30(24-34(41)39(21-22-40)26-28-13-7-5-8-14-28)35(42)38-25-33(29-15-9-6-10-16-29)44-36(43)31(12-4-2)23-27-17-19-32(37)20-18-27/h3-10,13-20,30-31,33,40H,1-2,11-12,21-26H2,(H,38,42)/t30-,31-,33+/m0/s1. The first kappa shape index (κ1) is 33.9. The molecule has 0 aliphatic heterocycles. The van der Waals surface area contributed by atoms with Gasteiger partial charge >= 0.3 is 5.97 Å². The molecular formula is C36H41FN2O5. The van der Waals surface area contributed by atoms with Crippen molar-refractivity contribution in [2.45, 2.75) is 38.3 Å². The molecule has 0 saturated carbocycles. The van der Waals surface area contributed by atoms with Crippen LogP contribution >= 0.6 is 0 Å². The highest BCUT2D eigenvalue weighted by Gasteiger charge is 2.28. The van der Waals surface area contributed by atoms with E-state index in [0.717, 1.165) is 11.1 Å². The van der Waals surface area contributed by atoms with Gasteiger partial charge in [-0.3, -0.25) is 14.4 Å². The fraction of sp³-hybridized carbons (Fsp3) is 0.306. The molecule has 3 rings (SSSR count). The fourth-order valence-corrected chi connectivity index (χ4v) is 4.88. The van der Waals surface area contributed by atoms with Crippen LogP contribution in [0.2, 0.25) is 0 Å². The maximum atomic E-state index is 13.4. The number of allylic oxidation sites excluding steroid dienone is 2. The average molecular weight is 601 g/mol. The SMILES string of the molecule is C=CC[C@@H](CC(=O)N(CCO)Cc1ccccc1)C(=O)NC[C@@H](OC(=O)[C@@H](CC=C)Cc1ccc(F)cc1)c1ccccc1. The number of rotatable bonds is 18. The number of nitrogens with zero attached hydrogens (tertiary/aromatic N) is 1. The van der Waals surface area contributed by atoms with Crippen LogP contribution in [0.1, 0.15) is 42.1 Å². The van der Waals surface area contributed by atoms with E-state index in [9.17, 15) is 23.9 Å². The van der Waals surface area contributed by atoms with Crippen molar-refractivity contribution in [1.29, 1.82) is 0 Å². The summed E-state index contributed by atoms with van der Waals surface area (Å²) in [6, 6.07) is 24.5. The van der Waals surface area contributed by atoms with Crippen molar-refractivity contribution >= 4 is 17.8 Å². The smallest absolute Gasteiger partial charge is 0.310 e. The molecule has 2 amide bonds.